The standard InChI is InChI=1S/C25H26N2O3/c1-3-18(2)26-24(28)20-13-7-9-15-22(20)27-25(29)21-14-8-10-16-23(21)30-17-19-11-5-4-6-12-19/h4-16,18H,3,17H2,1-2H3,(H,26,28)(H,27,29)/t18-/m0/s1. The maximum Gasteiger partial charge on any atom is 0.259 e. The molecule has 0 unspecified atom stereocenters. The molecule has 0 saturated heterocycles. The average Bonchev–Trinajstić information content (AvgIpc) is 2.78. The van der Waals surface area contributed by atoms with E-state index >= 15 is 0 Å². The molecule has 3 aromatic carbocycles. The normalized spacial score (nSPS) is 11.4. The van der Waals surface area contributed by atoms with E-state index < -0.39 is 0 Å². The molecule has 0 heterocycles. The molecule has 30 heavy (non-hydrogen) atoms. The zero-order chi connectivity index (χ0) is 21.3. The fraction of sp³-hybridized carbons (Fsp3) is 0.200. The van der Waals surface area contributed by atoms with E-state index in [-0.39, 0.29) is 17.9 Å². The quantitative estimate of drug-likeness (QED) is 0.554. The zero-order valence-electron chi connectivity index (χ0n) is 17.2. The van der Waals surface area contributed by atoms with E-state index in [1.807, 2.05) is 50.2 Å². The van der Waals surface area contributed by atoms with E-state index in [1.165, 1.54) is 0 Å². The summed E-state index contributed by atoms with van der Waals surface area (Å²) in [6.45, 7) is 4.31. The van der Waals surface area contributed by atoms with Gasteiger partial charge in [0.1, 0.15) is 12.4 Å². The minimum absolute atomic E-state index is 0.0494. The second kappa shape index (κ2) is 10.3. The molecule has 2 N–H and O–H groups in total. The molecule has 2 amide bonds. The van der Waals surface area contributed by atoms with E-state index in [0.717, 1.165) is 12.0 Å². The van der Waals surface area contributed by atoms with Gasteiger partial charge in [-0.05, 0) is 43.2 Å². The Morgan fingerprint density at radius 2 is 1.47 bits per heavy atom. The van der Waals surface area contributed by atoms with Crippen LogP contribution in [0, 0.1) is 0 Å². The first-order valence-corrected chi connectivity index (χ1v) is 10.1. The summed E-state index contributed by atoms with van der Waals surface area (Å²) in [6.07, 6.45) is 0.826. The number of carbonyl (C=O) groups is 2. The van der Waals surface area contributed by atoms with Crippen molar-refractivity contribution >= 4 is 17.5 Å². The first-order valence-electron chi connectivity index (χ1n) is 10.1. The number of rotatable bonds is 8. The minimum Gasteiger partial charge on any atom is -0.488 e. The lowest BCUT2D eigenvalue weighted by atomic mass is 10.1. The largest absolute Gasteiger partial charge is 0.488 e. The van der Waals surface area contributed by atoms with Crippen molar-refractivity contribution in [1.29, 1.82) is 0 Å². The van der Waals surface area contributed by atoms with E-state index in [2.05, 4.69) is 10.6 Å². The summed E-state index contributed by atoms with van der Waals surface area (Å²) in [5.41, 5.74) is 2.31. The summed E-state index contributed by atoms with van der Waals surface area (Å²) in [6, 6.07) is 23.9. The Labute approximate surface area is 177 Å². The molecule has 0 aromatic heterocycles. The molecule has 5 heteroatoms. The van der Waals surface area contributed by atoms with Crippen molar-refractivity contribution in [3.63, 3.8) is 0 Å². The van der Waals surface area contributed by atoms with Gasteiger partial charge >= 0.3 is 0 Å². The van der Waals surface area contributed by atoms with E-state index in [4.69, 9.17) is 4.74 Å². The lowest BCUT2D eigenvalue weighted by Crippen LogP contribution is -2.32. The third-order valence-corrected chi connectivity index (χ3v) is 4.78. The molecular weight excluding hydrogens is 376 g/mol. The van der Waals surface area contributed by atoms with Gasteiger partial charge in [0.15, 0.2) is 0 Å². The molecule has 0 bridgehead atoms. The Morgan fingerprint density at radius 1 is 0.833 bits per heavy atom. The third kappa shape index (κ3) is 5.47. The highest BCUT2D eigenvalue weighted by molar-refractivity contribution is 6.10. The van der Waals surface area contributed by atoms with Crippen molar-refractivity contribution in [2.24, 2.45) is 0 Å². The number of anilines is 1. The Bertz CT molecular complexity index is 1000. The number of benzene rings is 3. The highest BCUT2D eigenvalue weighted by atomic mass is 16.5. The van der Waals surface area contributed by atoms with E-state index in [1.54, 1.807) is 42.5 Å². The first kappa shape index (κ1) is 21.1. The van der Waals surface area contributed by atoms with Gasteiger partial charge in [-0.3, -0.25) is 9.59 Å². The van der Waals surface area contributed by atoms with Gasteiger partial charge in [-0.2, -0.15) is 0 Å². The van der Waals surface area contributed by atoms with Crippen LogP contribution in [0.3, 0.4) is 0 Å². The highest BCUT2D eigenvalue weighted by Crippen LogP contribution is 2.22. The van der Waals surface area contributed by atoms with Crippen LogP contribution in [0.4, 0.5) is 5.69 Å². The van der Waals surface area contributed by atoms with Crippen molar-refractivity contribution < 1.29 is 14.3 Å². The molecule has 0 spiro atoms. The Morgan fingerprint density at radius 3 is 2.20 bits per heavy atom. The summed E-state index contributed by atoms with van der Waals surface area (Å²) in [5.74, 6) is -0.0586. The van der Waals surface area contributed by atoms with Crippen molar-refractivity contribution in [3.8, 4) is 5.75 Å². The van der Waals surface area contributed by atoms with Crippen molar-refractivity contribution in [1.82, 2.24) is 5.32 Å². The number of nitrogens with one attached hydrogen (secondary N) is 2. The maximum absolute atomic E-state index is 13.0. The van der Waals surface area contributed by atoms with Crippen LogP contribution in [0.1, 0.15) is 46.5 Å². The second-order valence-corrected chi connectivity index (χ2v) is 7.05. The van der Waals surface area contributed by atoms with Gasteiger partial charge in [0.05, 0.1) is 16.8 Å². The predicted molar refractivity (Wildman–Crippen MR) is 119 cm³/mol. The molecule has 0 radical (unpaired) electrons. The van der Waals surface area contributed by atoms with E-state index in [0.29, 0.717) is 29.2 Å². The third-order valence-electron chi connectivity index (χ3n) is 4.78. The number of amides is 2. The molecule has 5 nitrogen and oxygen atoms in total. The number of para-hydroxylation sites is 2. The molecular formula is C25H26N2O3. The van der Waals surface area contributed by atoms with Crippen LogP contribution in [0.2, 0.25) is 0 Å². The van der Waals surface area contributed by atoms with Crippen LogP contribution in [-0.2, 0) is 6.61 Å². The minimum atomic E-state index is -0.331. The van der Waals surface area contributed by atoms with Crippen molar-refractivity contribution in [2.45, 2.75) is 32.9 Å². The van der Waals surface area contributed by atoms with Gasteiger partial charge in [0.2, 0.25) is 0 Å². The zero-order valence-corrected chi connectivity index (χ0v) is 17.2. The van der Waals surface area contributed by atoms with Gasteiger partial charge in [-0.15, -0.1) is 0 Å². The summed E-state index contributed by atoms with van der Waals surface area (Å²) in [4.78, 5) is 25.6. The van der Waals surface area contributed by atoms with Crippen LogP contribution in [0.5, 0.6) is 5.75 Å². The number of ether oxygens (including phenoxy) is 1. The van der Waals surface area contributed by atoms with Gasteiger partial charge in [-0.25, -0.2) is 0 Å². The predicted octanol–water partition coefficient (Wildman–Crippen LogP) is 5.05. The summed E-state index contributed by atoms with van der Waals surface area (Å²) >= 11 is 0. The number of hydrogen-bond acceptors (Lipinski definition) is 3. The summed E-state index contributed by atoms with van der Waals surface area (Å²) in [7, 11) is 0. The smallest absolute Gasteiger partial charge is 0.259 e. The van der Waals surface area contributed by atoms with Gasteiger partial charge in [0.25, 0.3) is 11.8 Å². The lowest BCUT2D eigenvalue weighted by molar-refractivity contribution is 0.0940. The maximum atomic E-state index is 13.0. The fourth-order valence-electron chi connectivity index (χ4n) is 2.90. The molecule has 0 aliphatic rings. The Hall–Kier alpha value is -3.60. The number of carbonyl (C=O) groups excluding carboxylic acids is 2. The molecule has 0 aliphatic carbocycles. The Balaban J connectivity index is 1.76. The first-order chi connectivity index (χ1) is 14.6. The van der Waals surface area contributed by atoms with Gasteiger partial charge in [-0.1, -0.05) is 61.5 Å². The van der Waals surface area contributed by atoms with Gasteiger partial charge in [0, 0.05) is 6.04 Å². The second-order valence-electron chi connectivity index (χ2n) is 7.05. The summed E-state index contributed by atoms with van der Waals surface area (Å²) in [5, 5.41) is 5.79. The molecule has 1 atom stereocenters. The molecule has 3 aromatic rings. The van der Waals surface area contributed by atoms with Crippen molar-refractivity contribution in [2.75, 3.05) is 5.32 Å². The topological polar surface area (TPSA) is 67.4 Å². The van der Waals surface area contributed by atoms with Gasteiger partial charge < -0.3 is 15.4 Å². The van der Waals surface area contributed by atoms with Crippen LogP contribution in [-0.4, -0.2) is 17.9 Å². The van der Waals surface area contributed by atoms with Crippen molar-refractivity contribution in [3.05, 3.63) is 95.6 Å². The van der Waals surface area contributed by atoms with E-state index in [9.17, 15) is 9.59 Å². The molecule has 3 rings (SSSR count). The fourth-order valence-corrected chi connectivity index (χ4v) is 2.90. The Kier molecular flexibility index (Phi) is 7.22. The SMILES string of the molecule is CC[C@H](C)NC(=O)c1ccccc1NC(=O)c1ccccc1OCc1ccccc1. The van der Waals surface area contributed by atoms with Crippen LogP contribution in [0.25, 0.3) is 0 Å². The van der Waals surface area contributed by atoms with Crippen LogP contribution in [0.15, 0.2) is 78.9 Å². The summed E-state index contributed by atoms with van der Waals surface area (Å²) < 4.78 is 5.89. The average molecular weight is 402 g/mol. The molecule has 0 saturated carbocycles. The lowest BCUT2D eigenvalue weighted by Gasteiger charge is -2.15. The molecule has 0 aliphatic heterocycles. The molecule has 0 fully saturated rings. The van der Waals surface area contributed by atoms with Crippen LogP contribution < -0.4 is 15.4 Å². The highest BCUT2D eigenvalue weighted by Gasteiger charge is 2.17. The van der Waals surface area contributed by atoms with Crippen LogP contribution >= 0.6 is 0 Å². The molecule has 154 valence electrons. The monoisotopic (exact) mass is 402 g/mol. The number of hydrogen-bond donors (Lipinski definition) is 2.